The molecule has 0 N–H and O–H groups in total. The topological polar surface area (TPSA) is 38.8 Å². The molecule has 3 rings (SSSR count). The first-order chi connectivity index (χ1) is 9.19. The lowest BCUT2D eigenvalue weighted by atomic mass is 10.0. The van der Waals surface area contributed by atoms with Crippen molar-refractivity contribution in [3.05, 3.63) is 29.3 Å². The van der Waals surface area contributed by atoms with Crippen LogP contribution >= 0.6 is 0 Å². The Bertz CT molecular complexity index is 506. The minimum atomic E-state index is -1.17. The Hall–Kier alpha value is -1.39. The molecule has 1 aromatic carbocycles. The van der Waals surface area contributed by atoms with Crippen LogP contribution in [0.15, 0.2) is 18.2 Å². The molecule has 1 aromatic rings. The van der Waals surface area contributed by atoms with Gasteiger partial charge in [0.05, 0.1) is 18.9 Å². The number of ether oxygens (including phenoxy) is 2. The maximum Gasteiger partial charge on any atom is 0.292 e. The number of carbonyl (C=O) groups excluding carboxylic acids is 1. The fraction of sp³-hybridized carbons (Fsp3) is 0.533. The van der Waals surface area contributed by atoms with Crippen LogP contribution < -0.4 is 4.90 Å². The molecule has 0 aliphatic carbocycles. The predicted molar refractivity (Wildman–Crippen MR) is 72.0 cm³/mol. The van der Waals surface area contributed by atoms with Crippen LogP contribution in [0.25, 0.3) is 0 Å². The van der Waals surface area contributed by atoms with E-state index in [2.05, 4.69) is 19.1 Å². The number of amides is 1. The van der Waals surface area contributed by atoms with Crippen molar-refractivity contribution in [1.29, 1.82) is 0 Å². The van der Waals surface area contributed by atoms with E-state index in [4.69, 9.17) is 9.47 Å². The summed E-state index contributed by atoms with van der Waals surface area (Å²) in [5, 5.41) is 0. The van der Waals surface area contributed by atoms with E-state index >= 15 is 0 Å². The van der Waals surface area contributed by atoms with Crippen LogP contribution in [-0.4, -0.2) is 26.2 Å². The van der Waals surface area contributed by atoms with Gasteiger partial charge in [-0.3, -0.25) is 4.79 Å². The highest BCUT2D eigenvalue weighted by molar-refractivity contribution is 6.05. The van der Waals surface area contributed by atoms with Crippen molar-refractivity contribution in [2.75, 3.05) is 25.2 Å². The Labute approximate surface area is 113 Å². The third-order valence-corrected chi connectivity index (χ3v) is 3.88. The van der Waals surface area contributed by atoms with Gasteiger partial charge >= 0.3 is 0 Å². The Morgan fingerprint density at radius 3 is 2.74 bits per heavy atom. The number of anilines is 1. The van der Waals surface area contributed by atoms with E-state index in [-0.39, 0.29) is 5.91 Å². The molecule has 1 spiro atoms. The fourth-order valence-corrected chi connectivity index (χ4v) is 2.81. The number of aryl methyl sites for hydroxylation is 1. The molecule has 1 fully saturated rings. The van der Waals surface area contributed by atoms with Crippen molar-refractivity contribution in [2.24, 2.45) is 0 Å². The Morgan fingerprint density at radius 2 is 2.05 bits per heavy atom. The Kier molecular flexibility index (Phi) is 3.07. The second-order valence-electron chi connectivity index (χ2n) is 5.13. The van der Waals surface area contributed by atoms with Crippen molar-refractivity contribution in [3.8, 4) is 0 Å². The summed E-state index contributed by atoms with van der Waals surface area (Å²) < 4.78 is 11.3. The van der Waals surface area contributed by atoms with E-state index < -0.39 is 5.79 Å². The van der Waals surface area contributed by atoms with Crippen molar-refractivity contribution in [3.63, 3.8) is 0 Å². The van der Waals surface area contributed by atoms with Gasteiger partial charge in [0.2, 0.25) is 0 Å². The molecule has 2 aliphatic heterocycles. The molecule has 2 heterocycles. The summed E-state index contributed by atoms with van der Waals surface area (Å²) in [6.45, 7) is 3.12. The molecule has 102 valence electrons. The fourth-order valence-electron chi connectivity index (χ4n) is 2.81. The van der Waals surface area contributed by atoms with E-state index in [9.17, 15) is 4.79 Å². The lowest BCUT2D eigenvalue weighted by Crippen LogP contribution is -2.39. The van der Waals surface area contributed by atoms with Gasteiger partial charge in [-0.2, -0.15) is 0 Å². The second-order valence-corrected chi connectivity index (χ2v) is 5.13. The maximum absolute atomic E-state index is 12.4. The zero-order valence-corrected chi connectivity index (χ0v) is 11.4. The van der Waals surface area contributed by atoms with Crippen molar-refractivity contribution < 1.29 is 14.3 Å². The highest BCUT2D eigenvalue weighted by Gasteiger charge is 2.55. The van der Waals surface area contributed by atoms with Crippen molar-refractivity contribution >= 4 is 11.6 Å². The second kappa shape index (κ2) is 4.62. The number of hydrogen-bond acceptors (Lipinski definition) is 3. The molecule has 19 heavy (non-hydrogen) atoms. The zero-order valence-electron chi connectivity index (χ0n) is 11.4. The quantitative estimate of drug-likeness (QED) is 0.837. The highest BCUT2D eigenvalue weighted by atomic mass is 16.7. The third kappa shape index (κ3) is 1.78. The van der Waals surface area contributed by atoms with Gasteiger partial charge in [0.25, 0.3) is 11.7 Å². The maximum atomic E-state index is 12.4. The largest absolute Gasteiger partial charge is 0.336 e. The summed E-state index contributed by atoms with van der Waals surface area (Å²) in [6, 6.07) is 6.15. The molecule has 0 atom stereocenters. The molecule has 0 radical (unpaired) electrons. The number of likely N-dealkylation sites (N-methyl/N-ethyl adjacent to an activating group) is 1. The average Bonchev–Trinajstić information content (AvgIpc) is 3.00. The highest BCUT2D eigenvalue weighted by Crippen LogP contribution is 2.45. The lowest BCUT2D eigenvalue weighted by molar-refractivity contribution is -0.180. The zero-order chi connectivity index (χ0) is 13.5. The van der Waals surface area contributed by atoms with E-state index in [0.717, 1.165) is 30.5 Å². The van der Waals surface area contributed by atoms with Crippen LogP contribution in [0.2, 0.25) is 0 Å². The molecule has 1 amide bonds. The van der Waals surface area contributed by atoms with Gasteiger partial charge in [-0.25, -0.2) is 0 Å². The first kappa shape index (κ1) is 12.6. The van der Waals surface area contributed by atoms with Crippen LogP contribution in [-0.2, 0) is 26.5 Å². The summed E-state index contributed by atoms with van der Waals surface area (Å²) in [7, 11) is 1.77. The van der Waals surface area contributed by atoms with Crippen LogP contribution in [0, 0.1) is 0 Å². The van der Waals surface area contributed by atoms with Crippen LogP contribution in [0.3, 0.4) is 0 Å². The summed E-state index contributed by atoms with van der Waals surface area (Å²) in [6.07, 6.45) is 3.34. The summed E-state index contributed by atoms with van der Waals surface area (Å²) in [5.74, 6) is -1.29. The molecule has 0 aromatic heterocycles. The molecular weight excluding hydrogens is 242 g/mol. The van der Waals surface area contributed by atoms with Crippen LogP contribution in [0.1, 0.15) is 30.9 Å². The van der Waals surface area contributed by atoms with Crippen LogP contribution in [0.5, 0.6) is 0 Å². The van der Waals surface area contributed by atoms with Gasteiger partial charge < -0.3 is 14.4 Å². The van der Waals surface area contributed by atoms with Crippen molar-refractivity contribution in [2.45, 2.75) is 32.0 Å². The number of nitrogens with zero attached hydrogens (tertiary/aromatic N) is 1. The molecule has 2 aliphatic rings. The number of carbonyl (C=O) groups is 1. The molecule has 1 saturated heterocycles. The number of benzene rings is 1. The van der Waals surface area contributed by atoms with Gasteiger partial charge in [0.1, 0.15) is 0 Å². The van der Waals surface area contributed by atoms with Gasteiger partial charge in [-0.05, 0) is 30.5 Å². The van der Waals surface area contributed by atoms with E-state index in [0.29, 0.717) is 13.2 Å². The van der Waals surface area contributed by atoms with E-state index in [1.54, 1.807) is 11.9 Å². The first-order valence-corrected chi connectivity index (χ1v) is 6.88. The van der Waals surface area contributed by atoms with E-state index in [1.807, 2.05) is 6.07 Å². The SMILES string of the molecule is CCCCc1ccc2c(c1)C1(OCCO1)C(=O)N2C. The minimum Gasteiger partial charge on any atom is -0.336 e. The Morgan fingerprint density at radius 1 is 1.32 bits per heavy atom. The normalized spacial score (nSPS) is 20.3. The molecule has 4 heteroatoms. The Balaban J connectivity index is 2.02. The number of hydrogen-bond donors (Lipinski definition) is 0. The summed E-state index contributed by atoms with van der Waals surface area (Å²) in [5.41, 5.74) is 3.00. The molecule has 0 bridgehead atoms. The summed E-state index contributed by atoms with van der Waals surface area (Å²) >= 11 is 0. The smallest absolute Gasteiger partial charge is 0.292 e. The van der Waals surface area contributed by atoms with Gasteiger partial charge in [0.15, 0.2) is 0 Å². The minimum absolute atomic E-state index is 0.118. The average molecular weight is 261 g/mol. The number of fused-ring (bicyclic) bond motifs is 2. The summed E-state index contributed by atoms with van der Waals surface area (Å²) in [4.78, 5) is 14.0. The third-order valence-electron chi connectivity index (χ3n) is 3.88. The van der Waals surface area contributed by atoms with Crippen LogP contribution in [0.4, 0.5) is 5.69 Å². The molecular formula is C15H19NO3. The van der Waals surface area contributed by atoms with Gasteiger partial charge in [0, 0.05) is 12.6 Å². The monoisotopic (exact) mass is 261 g/mol. The predicted octanol–water partition coefficient (Wildman–Crippen LogP) is 2.21. The molecule has 0 unspecified atom stereocenters. The number of unbranched alkanes of at least 4 members (excludes halogenated alkanes) is 1. The molecule has 4 nitrogen and oxygen atoms in total. The molecule has 0 saturated carbocycles. The first-order valence-electron chi connectivity index (χ1n) is 6.88. The van der Waals surface area contributed by atoms with Crippen molar-refractivity contribution in [1.82, 2.24) is 0 Å². The lowest BCUT2D eigenvalue weighted by Gasteiger charge is -2.20. The van der Waals surface area contributed by atoms with Gasteiger partial charge in [-0.1, -0.05) is 19.4 Å². The van der Waals surface area contributed by atoms with E-state index in [1.165, 1.54) is 5.56 Å². The number of rotatable bonds is 3. The van der Waals surface area contributed by atoms with Gasteiger partial charge in [-0.15, -0.1) is 0 Å². The standard InChI is InChI=1S/C15H19NO3/c1-3-4-5-11-6-7-13-12(10-11)15(14(17)16(13)2)18-8-9-19-15/h6-7,10H,3-5,8-9H2,1-2H3.